The molecule has 0 radical (unpaired) electrons. The summed E-state index contributed by atoms with van der Waals surface area (Å²) in [7, 11) is 1.37. The number of amides is 3. The average molecular weight is 241 g/mol. The third-order valence-corrected chi connectivity index (χ3v) is 1.86. The number of urea groups is 1. The molecule has 0 aliphatic rings. The van der Waals surface area contributed by atoms with Crippen LogP contribution in [-0.2, 0) is 4.79 Å². The van der Waals surface area contributed by atoms with Gasteiger partial charge in [-0.05, 0) is 19.1 Å². The minimum atomic E-state index is -1.01. The van der Waals surface area contributed by atoms with Crippen LogP contribution < -0.4 is 15.4 Å². The first kappa shape index (κ1) is 12.9. The zero-order chi connectivity index (χ0) is 12.8. The van der Waals surface area contributed by atoms with Crippen molar-refractivity contribution in [3.8, 4) is 5.75 Å². The number of aromatic nitrogens is 1. The second-order valence-corrected chi connectivity index (χ2v) is 3.12. The Morgan fingerprint density at radius 3 is 2.82 bits per heavy atom. The van der Waals surface area contributed by atoms with Gasteiger partial charge >= 0.3 is 6.03 Å². The number of ether oxygens (including phenoxy) is 1. The number of carbonyl (C=O) groups excluding carboxylic acids is 2. The molecule has 0 aromatic carbocycles. The van der Waals surface area contributed by atoms with Gasteiger partial charge in [-0.1, -0.05) is 0 Å². The smallest absolute Gasteiger partial charge is 0.321 e. The van der Waals surface area contributed by atoms with E-state index in [-0.39, 0.29) is 5.75 Å². The van der Waals surface area contributed by atoms with Gasteiger partial charge in [0.1, 0.15) is 0 Å². The molecule has 0 fully saturated rings. The van der Waals surface area contributed by atoms with Crippen molar-refractivity contribution >= 4 is 11.9 Å². The van der Waals surface area contributed by atoms with Crippen LogP contribution in [0.2, 0.25) is 0 Å². The van der Waals surface area contributed by atoms with Gasteiger partial charge in [0.15, 0.2) is 11.9 Å². The Balaban J connectivity index is 2.60. The number of pyridine rings is 1. The van der Waals surface area contributed by atoms with Gasteiger partial charge in [-0.25, -0.2) is 9.78 Å². The Labute approximate surface area is 97.2 Å². The third kappa shape index (κ3) is 3.71. The number of rotatable bonds is 3. The Morgan fingerprint density at radius 2 is 2.24 bits per heavy atom. The van der Waals surface area contributed by atoms with Gasteiger partial charge in [-0.3, -0.25) is 10.1 Å². The number of halogens is 1. The van der Waals surface area contributed by atoms with Gasteiger partial charge in [0.05, 0.1) is 0 Å². The molecule has 1 rings (SSSR count). The van der Waals surface area contributed by atoms with Crippen LogP contribution in [0, 0.1) is 5.95 Å². The van der Waals surface area contributed by atoms with E-state index in [2.05, 4.69) is 10.3 Å². The zero-order valence-corrected chi connectivity index (χ0v) is 9.36. The van der Waals surface area contributed by atoms with Crippen molar-refractivity contribution in [3.05, 3.63) is 24.3 Å². The maximum atomic E-state index is 13.1. The summed E-state index contributed by atoms with van der Waals surface area (Å²) in [4.78, 5) is 25.6. The maximum absolute atomic E-state index is 13.1. The summed E-state index contributed by atoms with van der Waals surface area (Å²) < 4.78 is 18.1. The van der Waals surface area contributed by atoms with E-state index in [4.69, 9.17) is 4.74 Å². The summed E-state index contributed by atoms with van der Waals surface area (Å²) in [6, 6.07) is 2.16. The van der Waals surface area contributed by atoms with Crippen LogP contribution in [0.1, 0.15) is 6.92 Å². The molecule has 7 heteroatoms. The monoisotopic (exact) mass is 241 g/mol. The lowest BCUT2D eigenvalue weighted by atomic mass is 10.3. The number of hydrogen-bond donors (Lipinski definition) is 2. The first-order valence-corrected chi connectivity index (χ1v) is 4.84. The fourth-order valence-corrected chi connectivity index (χ4v) is 0.979. The molecule has 1 aromatic rings. The lowest BCUT2D eigenvalue weighted by Crippen LogP contribution is -2.44. The second kappa shape index (κ2) is 5.78. The lowest BCUT2D eigenvalue weighted by Gasteiger charge is -2.13. The molecule has 6 nitrogen and oxygen atoms in total. The highest BCUT2D eigenvalue weighted by Crippen LogP contribution is 2.14. The van der Waals surface area contributed by atoms with E-state index in [1.54, 1.807) is 0 Å². The van der Waals surface area contributed by atoms with Crippen LogP contribution in [0.5, 0.6) is 5.75 Å². The maximum Gasteiger partial charge on any atom is 0.321 e. The van der Waals surface area contributed by atoms with E-state index in [0.29, 0.717) is 0 Å². The molecule has 1 heterocycles. The Kier molecular flexibility index (Phi) is 4.38. The van der Waals surface area contributed by atoms with Gasteiger partial charge in [0.25, 0.3) is 11.9 Å². The summed E-state index contributed by atoms with van der Waals surface area (Å²) in [5, 5.41) is 4.23. The minimum absolute atomic E-state index is 0.146. The molecule has 0 bridgehead atoms. The van der Waals surface area contributed by atoms with Crippen LogP contribution in [-0.4, -0.2) is 30.1 Å². The molecular formula is C10H12FN3O3. The quantitative estimate of drug-likeness (QED) is 0.753. The van der Waals surface area contributed by atoms with E-state index in [1.807, 2.05) is 5.32 Å². The van der Waals surface area contributed by atoms with E-state index >= 15 is 0 Å². The topological polar surface area (TPSA) is 80.3 Å². The molecule has 0 spiro atoms. The number of nitrogens with one attached hydrogen (secondary N) is 2. The standard InChI is InChI=1S/C10H12FN3O3/c1-6(9(15)14-10(16)12-2)17-7-4-3-5-13-8(7)11/h3-6H,1-2H3,(H2,12,14,15,16). The van der Waals surface area contributed by atoms with Crippen LogP contribution in [0.4, 0.5) is 9.18 Å². The predicted octanol–water partition coefficient (Wildman–Crippen LogP) is 0.444. The first-order chi connectivity index (χ1) is 8.04. The third-order valence-electron chi connectivity index (χ3n) is 1.86. The number of hydrogen-bond acceptors (Lipinski definition) is 4. The summed E-state index contributed by atoms with van der Waals surface area (Å²) >= 11 is 0. The summed E-state index contributed by atoms with van der Waals surface area (Å²) in [6.07, 6.45) is 0.253. The van der Waals surface area contributed by atoms with Crippen molar-refractivity contribution in [2.45, 2.75) is 13.0 Å². The molecule has 92 valence electrons. The SMILES string of the molecule is CNC(=O)NC(=O)C(C)Oc1cccnc1F. The largest absolute Gasteiger partial charge is 0.476 e. The number of carbonyl (C=O) groups is 2. The molecule has 1 aromatic heterocycles. The fraction of sp³-hybridized carbons (Fsp3) is 0.300. The van der Waals surface area contributed by atoms with Gasteiger partial charge in [0, 0.05) is 13.2 Å². The summed E-state index contributed by atoms with van der Waals surface area (Å²) in [6.45, 7) is 1.39. The summed E-state index contributed by atoms with van der Waals surface area (Å²) in [5.41, 5.74) is 0. The molecule has 0 aliphatic carbocycles. The van der Waals surface area contributed by atoms with E-state index in [0.717, 1.165) is 0 Å². The first-order valence-electron chi connectivity index (χ1n) is 4.84. The van der Waals surface area contributed by atoms with Gasteiger partial charge in [-0.2, -0.15) is 4.39 Å². The number of imide groups is 1. The van der Waals surface area contributed by atoms with Crippen molar-refractivity contribution in [2.24, 2.45) is 0 Å². The van der Waals surface area contributed by atoms with Gasteiger partial charge in [0.2, 0.25) is 0 Å². The molecule has 17 heavy (non-hydrogen) atoms. The summed E-state index contributed by atoms with van der Waals surface area (Å²) in [5.74, 6) is -1.63. The van der Waals surface area contributed by atoms with Crippen molar-refractivity contribution in [1.82, 2.24) is 15.6 Å². The van der Waals surface area contributed by atoms with E-state index in [1.165, 1.54) is 32.3 Å². The molecule has 0 saturated carbocycles. The Hall–Kier alpha value is -2.18. The highest BCUT2D eigenvalue weighted by Gasteiger charge is 2.18. The van der Waals surface area contributed by atoms with Gasteiger partial charge in [-0.15, -0.1) is 0 Å². The molecule has 1 atom stereocenters. The van der Waals surface area contributed by atoms with Crippen LogP contribution in [0.15, 0.2) is 18.3 Å². The van der Waals surface area contributed by atoms with Crippen LogP contribution in [0.3, 0.4) is 0 Å². The van der Waals surface area contributed by atoms with Crippen molar-refractivity contribution in [3.63, 3.8) is 0 Å². The Bertz CT molecular complexity index is 425. The molecule has 0 saturated heterocycles. The molecule has 0 aliphatic heterocycles. The number of nitrogens with zero attached hydrogens (tertiary/aromatic N) is 1. The lowest BCUT2D eigenvalue weighted by molar-refractivity contribution is -0.126. The average Bonchev–Trinajstić information content (AvgIpc) is 2.31. The second-order valence-electron chi connectivity index (χ2n) is 3.12. The van der Waals surface area contributed by atoms with E-state index < -0.39 is 24.0 Å². The highest BCUT2D eigenvalue weighted by molar-refractivity contribution is 5.96. The minimum Gasteiger partial charge on any atom is -0.476 e. The predicted molar refractivity (Wildman–Crippen MR) is 56.9 cm³/mol. The zero-order valence-electron chi connectivity index (χ0n) is 9.36. The van der Waals surface area contributed by atoms with Crippen molar-refractivity contribution in [1.29, 1.82) is 0 Å². The molecule has 1 unspecified atom stereocenters. The van der Waals surface area contributed by atoms with Crippen LogP contribution >= 0.6 is 0 Å². The Morgan fingerprint density at radius 1 is 1.53 bits per heavy atom. The van der Waals surface area contributed by atoms with Crippen LogP contribution in [0.25, 0.3) is 0 Å². The highest BCUT2D eigenvalue weighted by atomic mass is 19.1. The molecule has 2 N–H and O–H groups in total. The molecular weight excluding hydrogens is 229 g/mol. The van der Waals surface area contributed by atoms with Crippen molar-refractivity contribution in [2.75, 3.05) is 7.05 Å². The molecule has 3 amide bonds. The normalized spacial score (nSPS) is 11.5. The van der Waals surface area contributed by atoms with Gasteiger partial charge < -0.3 is 10.1 Å². The van der Waals surface area contributed by atoms with Crippen molar-refractivity contribution < 1.29 is 18.7 Å². The van der Waals surface area contributed by atoms with E-state index in [9.17, 15) is 14.0 Å². The fourth-order valence-electron chi connectivity index (χ4n) is 0.979.